The summed E-state index contributed by atoms with van der Waals surface area (Å²) in [5.74, 6) is -1.42. The Morgan fingerprint density at radius 3 is 2.04 bits per heavy atom. The van der Waals surface area contributed by atoms with Gasteiger partial charge >= 0.3 is 30.6 Å². The molecule has 16 heteroatoms. The Balaban J connectivity index is 1.40. The van der Waals surface area contributed by atoms with E-state index in [9.17, 15) is 54.2 Å². The van der Waals surface area contributed by atoms with Gasteiger partial charge in [0.1, 0.15) is 11.4 Å². The monoisotopic (exact) mass is 688 g/mol. The van der Waals surface area contributed by atoms with Gasteiger partial charge in [-0.2, -0.15) is 39.5 Å². The van der Waals surface area contributed by atoms with E-state index in [-0.39, 0.29) is 47.4 Å². The third kappa shape index (κ3) is 6.00. The first-order valence-electron chi connectivity index (χ1n) is 14.6. The van der Waals surface area contributed by atoms with Crippen molar-refractivity contribution in [3.05, 3.63) is 82.2 Å². The Morgan fingerprint density at radius 2 is 1.52 bits per heavy atom. The smallest absolute Gasteiger partial charge is 0.433 e. The maximum Gasteiger partial charge on any atom is 0.433 e. The normalized spacial score (nSPS) is 22.0. The molecule has 3 aromatic rings. The first-order chi connectivity index (χ1) is 22.3. The highest BCUT2D eigenvalue weighted by Gasteiger charge is 2.64. The summed E-state index contributed by atoms with van der Waals surface area (Å²) in [5.41, 5.74) is -5.70. The van der Waals surface area contributed by atoms with Gasteiger partial charge in [-0.05, 0) is 79.1 Å². The van der Waals surface area contributed by atoms with E-state index in [2.05, 4.69) is 4.98 Å². The van der Waals surface area contributed by atoms with Crippen LogP contribution in [0.15, 0.2) is 48.5 Å². The molecule has 2 aromatic carbocycles. The van der Waals surface area contributed by atoms with Crippen LogP contribution in [0.3, 0.4) is 0 Å². The zero-order valence-corrected chi connectivity index (χ0v) is 24.8. The van der Waals surface area contributed by atoms with Gasteiger partial charge in [0.05, 0.1) is 41.9 Å². The van der Waals surface area contributed by atoms with Gasteiger partial charge in [0.2, 0.25) is 0 Å². The summed E-state index contributed by atoms with van der Waals surface area (Å²) in [7, 11) is 1.32. The lowest BCUT2D eigenvalue weighted by Gasteiger charge is -2.33. The first-order valence-corrected chi connectivity index (χ1v) is 14.6. The second-order valence-electron chi connectivity index (χ2n) is 12.1. The van der Waals surface area contributed by atoms with Crippen molar-refractivity contribution in [1.29, 1.82) is 0 Å². The molecule has 1 saturated heterocycles. The van der Waals surface area contributed by atoms with Crippen LogP contribution in [0.25, 0.3) is 11.1 Å². The molecule has 7 nitrogen and oxygen atoms in total. The molecular weight excluding hydrogens is 663 g/mol. The largest absolute Gasteiger partial charge is 0.496 e. The maximum atomic E-state index is 13.9. The number of halogens is 9. The van der Waals surface area contributed by atoms with Gasteiger partial charge in [-0.3, -0.25) is 9.69 Å². The highest BCUT2D eigenvalue weighted by Crippen LogP contribution is 2.58. The van der Waals surface area contributed by atoms with Crippen molar-refractivity contribution in [3.63, 3.8) is 0 Å². The van der Waals surface area contributed by atoms with Crippen LogP contribution in [0.1, 0.15) is 71.3 Å². The van der Waals surface area contributed by atoms with E-state index in [0.717, 1.165) is 17.0 Å². The van der Waals surface area contributed by atoms with Crippen LogP contribution in [0.4, 0.5) is 44.3 Å². The minimum absolute atomic E-state index is 0.0522. The number of carboxylic acid groups (broad SMARTS) is 1. The van der Waals surface area contributed by atoms with Gasteiger partial charge in [0.15, 0.2) is 6.10 Å². The predicted octanol–water partition coefficient (Wildman–Crippen LogP) is 8.62. The predicted molar refractivity (Wildman–Crippen MR) is 148 cm³/mol. The van der Waals surface area contributed by atoms with Crippen molar-refractivity contribution >= 4 is 12.1 Å². The van der Waals surface area contributed by atoms with E-state index in [1.54, 1.807) is 18.2 Å². The molecule has 3 aliphatic rings. The van der Waals surface area contributed by atoms with Crippen LogP contribution in [-0.4, -0.2) is 39.7 Å². The average Bonchev–Trinajstić information content (AvgIpc) is 3.72. The molecule has 3 fully saturated rings. The minimum atomic E-state index is -5.16. The lowest BCUT2D eigenvalue weighted by molar-refractivity contribution is -0.145. The summed E-state index contributed by atoms with van der Waals surface area (Å²) in [6.07, 6.45) is -17.1. The molecule has 1 amide bonds. The number of methoxy groups -OCH3 is 1. The number of benzene rings is 2. The minimum Gasteiger partial charge on any atom is -0.496 e. The number of carbonyl (C=O) groups is 2. The van der Waals surface area contributed by atoms with Gasteiger partial charge in [-0.1, -0.05) is 12.1 Å². The quantitative estimate of drug-likeness (QED) is 0.250. The number of carbonyl (C=O) groups excluding carboxylic acids is 1. The number of nitrogens with zero attached hydrogens (tertiary/aromatic N) is 2. The third-order valence-electron chi connectivity index (χ3n) is 9.18. The van der Waals surface area contributed by atoms with Crippen molar-refractivity contribution in [2.24, 2.45) is 5.92 Å². The van der Waals surface area contributed by atoms with Crippen molar-refractivity contribution in [3.8, 4) is 16.9 Å². The van der Waals surface area contributed by atoms with E-state index < -0.39 is 77.1 Å². The number of ether oxygens (including phenoxy) is 2. The Kier molecular flexibility index (Phi) is 7.86. The number of rotatable bonds is 7. The van der Waals surface area contributed by atoms with Crippen molar-refractivity contribution in [2.45, 2.75) is 68.3 Å². The zero-order chi connectivity index (χ0) is 35.0. The fourth-order valence-corrected chi connectivity index (χ4v) is 6.44. The van der Waals surface area contributed by atoms with Gasteiger partial charge in [0.25, 0.3) is 0 Å². The molecule has 1 unspecified atom stereocenters. The number of cyclic esters (lactones) is 1. The number of amides is 1. The molecule has 2 saturated carbocycles. The fraction of sp³-hybridized carbons (Fsp3) is 0.406. The van der Waals surface area contributed by atoms with Gasteiger partial charge < -0.3 is 14.6 Å². The Hall–Kier alpha value is -4.50. The molecule has 2 heterocycles. The molecule has 6 rings (SSSR count). The Morgan fingerprint density at radius 1 is 0.896 bits per heavy atom. The first kappa shape index (κ1) is 33.4. The van der Waals surface area contributed by atoms with E-state index >= 15 is 0 Å². The zero-order valence-electron chi connectivity index (χ0n) is 24.8. The van der Waals surface area contributed by atoms with Crippen LogP contribution < -0.4 is 4.74 Å². The standard InChI is InChI=1S/C32H25F9N2O5/c1-47-24-4-2-15(16-8-18(9-16)27(44)45)12-22(24)21-3-5-25(32(39,40)41)42-23(21)14-43-28(46)48-26(29(43)6-7-29)17-10-19(30(33,34)35)13-20(11-17)31(36,37)38/h2-5,10-13,16,18,26H,6-9,14H2,1H3,(H,44,45). The second kappa shape index (κ2) is 11.3. The highest BCUT2D eigenvalue weighted by atomic mass is 19.4. The summed E-state index contributed by atoms with van der Waals surface area (Å²) in [5, 5.41) is 9.27. The lowest BCUT2D eigenvalue weighted by atomic mass is 9.71. The highest BCUT2D eigenvalue weighted by molar-refractivity contribution is 5.77. The topological polar surface area (TPSA) is 89.0 Å². The molecule has 1 atom stereocenters. The van der Waals surface area contributed by atoms with Crippen LogP contribution in [0, 0.1) is 5.92 Å². The molecule has 1 aromatic heterocycles. The summed E-state index contributed by atoms with van der Waals surface area (Å²) in [4.78, 5) is 29.4. The van der Waals surface area contributed by atoms with E-state index in [4.69, 9.17) is 9.47 Å². The van der Waals surface area contributed by atoms with Crippen LogP contribution in [-0.2, 0) is 34.6 Å². The van der Waals surface area contributed by atoms with Gasteiger partial charge in [0, 0.05) is 11.1 Å². The third-order valence-corrected chi connectivity index (χ3v) is 9.18. The molecule has 2 aliphatic carbocycles. The fourth-order valence-electron chi connectivity index (χ4n) is 6.44. The molecule has 256 valence electrons. The maximum absolute atomic E-state index is 13.9. The van der Waals surface area contributed by atoms with E-state index in [1.807, 2.05) is 0 Å². The average molecular weight is 689 g/mol. The number of hydrogen-bond donors (Lipinski definition) is 1. The number of alkyl halides is 9. The number of pyridine rings is 1. The van der Waals surface area contributed by atoms with Crippen LogP contribution in [0.5, 0.6) is 5.75 Å². The van der Waals surface area contributed by atoms with Crippen LogP contribution in [0.2, 0.25) is 0 Å². The summed E-state index contributed by atoms with van der Waals surface area (Å²) >= 11 is 0. The van der Waals surface area contributed by atoms with E-state index in [0.29, 0.717) is 30.5 Å². The number of aliphatic carboxylic acids is 1. The summed E-state index contributed by atoms with van der Waals surface area (Å²) in [6, 6.07) is 7.65. The SMILES string of the molecule is COc1ccc(C2CC(C(=O)O)C2)cc1-c1ccc(C(F)(F)F)nc1CN1C(=O)OC(c2cc(C(F)(F)F)cc(C(F)(F)F)c2)C12CC2. The molecule has 0 radical (unpaired) electrons. The summed E-state index contributed by atoms with van der Waals surface area (Å²) < 4.78 is 134. The molecular formula is C32H25F9N2O5. The Bertz CT molecular complexity index is 1740. The number of carboxylic acids is 1. The lowest BCUT2D eigenvalue weighted by Crippen LogP contribution is -2.36. The van der Waals surface area contributed by atoms with Crippen molar-refractivity contribution in [2.75, 3.05) is 7.11 Å². The number of hydrogen-bond acceptors (Lipinski definition) is 5. The van der Waals surface area contributed by atoms with Crippen molar-refractivity contribution in [1.82, 2.24) is 9.88 Å². The van der Waals surface area contributed by atoms with Crippen molar-refractivity contribution < 1.29 is 63.7 Å². The molecule has 48 heavy (non-hydrogen) atoms. The molecule has 1 N–H and O–H groups in total. The second-order valence-corrected chi connectivity index (χ2v) is 12.1. The molecule has 1 spiro atoms. The number of aromatic nitrogens is 1. The van der Waals surface area contributed by atoms with Gasteiger partial charge in [-0.15, -0.1) is 0 Å². The van der Waals surface area contributed by atoms with Gasteiger partial charge in [-0.25, -0.2) is 9.78 Å². The van der Waals surface area contributed by atoms with Crippen LogP contribution >= 0.6 is 0 Å². The molecule has 1 aliphatic heterocycles. The van der Waals surface area contributed by atoms with E-state index in [1.165, 1.54) is 7.11 Å². The molecule has 0 bridgehead atoms. The Labute approximate surface area is 266 Å². The summed E-state index contributed by atoms with van der Waals surface area (Å²) in [6.45, 7) is -0.627.